The molecule has 2 amide bonds. The molecular weight excluding hydrogens is 444 g/mol. The first kappa shape index (κ1) is 22.5. The van der Waals surface area contributed by atoms with Crippen LogP contribution in [0, 0.1) is 0 Å². The summed E-state index contributed by atoms with van der Waals surface area (Å²) in [4.78, 5) is 29.4. The molecule has 0 spiro atoms. The highest BCUT2D eigenvalue weighted by Crippen LogP contribution is 2.27. The van der Waals surface area contributed by atoms with Crippen LogP contribution >= 0.6 is 23.1 Å². The Balaban J connectivity index is 1.27. The van der Waals surface area contributed by atoms with E-state index >= 15 is 0 Å². The lowest BCUT2D eigenvalue weighted by Crippen LogP contribution is -2.51. The first-order valence-corrected chi connectivity index (χ1v) is 12.4. The predicted molar refractivity (Wildman–Crippen MR) is 126 cm³/mol. The van der Waals surface area contributed by atoms with E-state index in [2.05, 4.69) is 43.1 Å². The minimum atomic E-state index is 0.00695. The Bertz CT molecular complexity index is 1060. The van der Waals surface area contributed by atoms with Crippen molar-refractivity contribution < 1.29 is 14.0 Å². The van der Waals surface area contributed by atoms with Gasteiger partial charge in [-0.2, -0.15) is 0 Å². The minimum absolute atomic E-state index is 0.00695. The molecule has 7 nitrogen and oxygen atoms in total. The minimum Gasteiger partial charge on any atom is -0.411 e. The fourth-order valence-corrected chi connectivity index (χ4v) is 4.78. The molecule has 3 heterocycles. The van der Waals surface area contributed by atoms with Crippen LogP contribution in [0.15, 0.2) is 51.4 Å². The zero-order valence-corrected chi connectivity index (χ0v) is 20.0. The topological polar surface area (TPSA) is 79.5 Å². The monoisotopic (exact) mass is 470 g/mol. The van der Waals surface area contributed by atoms with Gasteiger partial charge >= 0.3 is 0 Å². The molecule has 0 unspecified atom stereocenters. The number of aromatic nitrogens is 2. The Morgan fingerprint density at radius 1 is 1.03 bits per heavy atom. The van der Waals surface area contributed by atoms with Crippen molar-refractivity contribution in [2.24, 2.45) is 0 Å². The lowest BCUT2D eigenvalue weighted by atomic mass is 9.87. The van der Waals surface area contributed by atoms with Crippen molar-refractivity contribution >= 4 is 34.9 Å². The molecule has 0 atom stereocenters. The molecule has 1 aromatic carbocycles. The standard InChI is InChI=1S/C23H26N4O3S2/c1-23(2,3)17-8-6-16(7-9-17)20-24-25-22(30-20)32-15-19(28)26-10-12-27(13-11-26)21(29)18-5-4-14-31-18/h4-9,14H,10-13,15H2,1-3H3. The van der Waals surface area contributed by atoms with Gasteiger partial charge in [0.25, 0.3) is 11.1 Å². The third kappa shape index (κ3) is 5.21. The third-order valence-electron chi connectivity index (χ3n) is 5.38. The van der Waals surface area contributed by atoms with Crippen LogP contribution in [0.5, 0.6) is 0 Å². The van der Waals surface area contributed by atoms with Gasteiger partial charge in [0.15, 0.2) is 0 Å². The van der Waals surface area contributed by atoms with Crippen molar-refractivity contribution in [3.05, 3.63) is 52.2 Å². The molecule has 0 aliphatic carbocycles. The van der Waals surface area contributed by atoms with Crippen molar-refractivity contribution in [1.82, 2.24) is 20.0 Å². The molecule has 32 heavy (non-hydrogen) atoms. The summed E-state index contributed by atoms with van der Waals surface area (Å²) in [6.07, 6.45) is 0. The van der Waals surface area contributed by atoms with Gasteiger partial charge in [0.1, 0.15) is 0 Å². The number of amides is 2. The van der Waals surface area contributed by atoms with Gasteiger partial charge in [-0.1, -0.05) is 50.7 Å². The number of benzene rings is 1. The number of carbonyl (C=O) groups excluding carboxylic acids is 2. The van der Waals surface area contributed by atoms with Crippen molar-refractivity contribution in [3.8, 4) is 11.5 Å². The maximum Gasteiger partial charge on any atom is 0.277 e. The molecule has 0 saturated carbocycles. The Hall–Kier alpha value is -2.65. The molecule has 1 fully saturated rings. The number of piperazine rings is 1. The van der Waals surface area contributed by atoms with E-state index < -0.39 is 0 Å². The van der Waals surface area contributed by atoms with Crippen LogP contribution in [0.25, 0.3) is 11.5 Å². The Labute approximate surface area is 195 Å². The van der Waals surface area contributed by atoms with Crippen LogP contribution in [-0.4, -0.2) is 63.7 Å². The van der Waals surface area contributed by atoms with Gasteiger partial charge in [-0.25, -0.2) is 0 Å². The summed E-state index contributed by atoms with van der Waals surface area (Å²) in [5, 5.41) is 10.5. The first-order chi connectivity index (χ1) is 15.3. The summed E-state index contributed by atoms with van der Waals surface area (Å²) in [5.41, 5.74) is 2.17. The van der Waals surface area contributed by atoms with Gasteiger partial charge in [0.05, 0.1) is 10.6 Å². The van der Waals surface area contributed by atoms with Crippen LogP contribution in [0.3, 0.4) is 0 Å². The Morgan fingerprint density at radius 2 is 1.72 bits per heavy atom. The van der Waals surface area contributed by atoms with Gasteiger partial charge < -0.3 is 14.2 Å². The number of hydrogen-bond acceptors (Lipinski definition) is 7. The number of hydrogen-bond donors (Lipinski definition) is 0. The maximum atomic E-state index is 12.6. The van der Waals surface area contributed by atoms with E-state index in [-0.39, 0.29) is 23.0 Å². The van der Waals surface area contributed by atoms with Crippen LogP contribution < -0.4 is 0 Å². The predicted octanol–water partition coefficient (Wildman–Crippen LogP) is 4.17. The van der Waals surface area contributed by atoms with E-state index in [9.17, 15) is 9.59 Å². The largest absolute Gasteiger partial charge is 0.411 e. The zero-order chi connectivity index (χ0) is 22.7. The molecule has 3 aromatic rings. The fraction of sp³-hybridized carbons (Fsp3) is 0.391. The fourth-order valence-electron chi connectivity index (χ4n) is 3.43. The van der Waals surface area contributed by atoms with Gasteiger partial charge in [-0.3, -0.25) is 9.59 Å². The highest BCUT2D eigenvalue weighted by atomic mass is 32.2. The summed E-state index contributed by atoms with van der Waals surface area (Å²) in [6.45, 7) is 8.66. The van der Waals surface area contributed by atoms with Crippen LogP contribution in [-0.2, 0) is 10.2 Å². The average molecular weight is 471 g/mol. The average Bonchev–Trinajstić information content (AvgIpc) is 3.49. The molecule has 0 bridgehead atoms. The maximum absolute atomic E-state index is 12.6. The molecular formula is C23H26N4O3S2. The Morgan fingerprint density at radius 3 is 2.34 bits per heavy atom. The normalized spacial score (nSPS) is 14.6. The molecule has 4 rings (SSSR count). The summed E-state index contributed by atoms with van der Waals surface area (Å²) >= 11 is 2.68. The summed E-state index contributed by atoms with van der Waals surface area (Å²) in [6, 6.07) is 11.8. The highest BCUT2D eigenvalue weighted by molar-refractivity contribution is 7.99. The number of nitrogens with zero attached hydrogens (tertiary/aromatic N) is 4. The first-order valence-electron chi connectivity index (χ1n) is 10.5. The number of thiophene rings is 1. The third-order valence-corrected chi connectivity index (χ3v) is 7.04. The molecule has 0 N–H and O–H groups in total. The number of rotatable bonds is 5. The quantitative estimate of drug-likeness (QED) is 0.521. The second-order valence-corrected chi connectivity index (χ2v) is 10.5. The SMILES string of the molecule is CC(C)(C)c1ccc(-c2nnc(SCC(=O)N3CCN(C(=O)c4cccs4)CC3)o2)cc1. The van der Waals surface area contributed by atoms with Crippen molar-refractivity contribution in [1.29, 1.82) is 0 Å². The van der Waals surface area contributed by atoms with Crippen molar-refractivity contribution in [2.45, 2.75) is 31.4 Å². The zero-order valence-electron chi connectivity index (χ0n) is 18.4. The molecule has 1 saturated heterocycles. The summed E-state index contributed by atoms with van der Waals surface area (Å²) in [5.74, 6) is 0.715. The van der Waals surface area contributed by atoms with Gasteiger partial charge in [-0.15, -0.1) is 21.5 Å². The summed E-state index contributed by atoms with van der Waals surface area (Å²) in [7, 11) is 0. The van der Waals surface area contributed by atoms with Gasteiger partial charge in [0, 0.05) is 31.7 Å². The molecule has 9 heteroatoms. The van der Waals surface area contributed by atoms with Crippen molar-refractivity contribution in [3.63, 3.8) is 0 Å². The van der Waals surface area contributed by atoms with Crippen LogP contribution in [0.2, 0.25) is 0 Å². The second-order valence-electron chi connectivity index (χ2n) is 8.64. The van der Waals surface area contributed by atoms with E-state index in [0.29, 0.717) is 37.3 Å². The van der Waals surface area contributed by atoms with E-state index in [1.54, 1.807) is 9.80 Å². The van der Waals surface area contributed by atoms with Crippen LogP contribution in [0.4, 0.5) is 0 Å². The van der Waals surface area contributed by atoms with Crippen LogP contribution in [0.1, 0.15) is 36.0 Å². The highest BCUT2D eigenvalue weighted by Gasteiger charge is 2.25. The van der Waals surface area contributed by atoms with E-state index in [0.717, 1.165) is 10.4 Å². The van der Waals surface area contributed by atoms with E-state index in [4.69, 9.17) is 4.42 Å². The smallest absolute Gasteiger partial charge is 0.277 e. The van der Waals surface area contributed by atoms with E-state index in [1.165, 1.54) is 28.7 Å². The number of thioether (sulfide) groups is 1. The molecule has 2 aromatic heterocycles. The van der Waals surface area contributed by atoms with Gasteiger partial charge in [-0.05, 0) is 34.6 Å². The molecule has 1 aliphatic heterocycles. The summed E-state index contributed by atoms with van der Waals surface area (Å²) < 4.78 is 5.74. The van der Waals surface area contributed by atoms with E-state index in [1.807, 2.05) is 29.6 Å². The Kier molecular flexibility index (Phi) is 6.66. The second kappa shape index (κ2) is 9.46. The molecule has 168 valence electrons. The molecule has 0 radical (unpaired) electrons. The molecule has 1 aliphatic rings. The van der Waals surface area contributed by atoms with Gasteiger partial charge in [0.2, 0.25) is 11.8 Å². The lowest BCUT2D eigenvalue weighted by molar-refractivity contribution is -0.129. The lowest BCUT2D eigenvalue weighted by Gasteiger charge is -2.34. The van der Waals surface area contributed by atoms with Crippen molar-refractivity contribution in [2.75, 3.05) is 31.9 Å². The number of carbonyl (C=O) groups is 2.